The highest BCUT2D eigenvalue weighted by molar-refractivity contribution is 6.30. The highest BCUT2D eigenvalue weighted by Crippen LogP contribution is 2.50. The van der Waals surface area contributed by atoms with Gasteiger partial charge in [-0.25, -0.2) is 0 Å². The Bertz CT molecular complexity index is 10400. The van der Waals surface area contributed by atoms with Crippen molar-refractivity contribution in [2.75, 3.05) is 0 Å². The van der Waals surface area contributed by atoms with Gasteiger partial charge in [-0.1, -0.05) is 309 Å². The monoisotopic (exact) mass is 1800 g/mol. The first-order valence-electron chi connectivity index (χ1n) is 48.4. The summed E-state index contributed by atoms with van der Waals surface area (Å²) in [7, 11) is 0. The number of aromatic nitrogens is 8. The predicted octanol–water partition coefficient (Wildman–Crippen LogP) is 35.1. The van der Waals surface area contributed by atoms with Crippen LogP contribution in [0.3, 0.4) is 0 Å². The van der Waals surface area contributed by atoms with Crippen LogP contribution in [0.5, 0.6) is 0 Å². The molecule has 0 fully saturated rings. The van der Waals surface area contributed by atoms with Crippen molar-refractivity contribution in [2.45, 2.75) is 0 Å². The number of rotatable bonds is 10. The summed E-state index contributed by atoms with van der Waals surface area (Å²) in [6.07, 6.45) is 0. The van der Waals surface area contributed by atoms with Crippen molar-refractivity contribution < 1.29 is 4.42 Å². The molecule has 0 saturated heterocycles. The maximum absolute atomic E-state index is 6.45. The van der Waals surface area contributed by atoms with Crippen molar-refractivity contribution in [1.29, 1.82) is 0 Å². The van der Waals surface area contributed by atoms with Crippen LogP contribution in [0.4, 0.5) is 0 Å². The summed E-state index contributed by atoms with van der Waals surface area (Å²) < 4.78 is 25.8. The van der Waals surface area contributed by atoms with E-state index in [0.717, 1.165) is 61.5 Å². The highest BCUT2D eigenvalue weighted by Gasteiger charge is 2.28. The molecule has 658 valence electrons. The molecule has 0 aliphatic carbocycles. The van der Waals surface area contributed by atoms with Crippen molar-refractivity contribution in [3.8, 4) is 67.8 Å². The summed E-state index contributed by atoms with van der Waals surface area (Å²) in [5, 5.41) is 22.3. The van der Waals surface area contributed by atoms with E-state index in [9.17, 15) is 0 Å². The fourth-order valence-electron chi connectivity index (χ4n) is 23.4. The summed E-state index contributed by atoms with van der Waals surface area (Å²) in [6, 6.07) is 184. The summed E-state index contributed by atoms with van der Waals surface area (Å²) in [5.74, 6) is 0. The van der Waals surface area contributed by atoms with Gasteiger partial charge in [0.25, 0.3) is 0 Å². The molecule has 0 aliphatic heterocycles. The first-order valence-corrected chi connectivity index (χ1v) is 48.4. The van der Waals surface area contributed by atoms with Gasteiger partial charge in [0.05, 0.1) is 88.3 Å². The van der Waals surface area contributed by atoms with Gasteiger partial charge in [-0.05, 0) is 217 Å². The van der Waals surface area contributed by atoms with Gasteiger partial charge in [0.1, 0.15) is 11.2 Å². The zero-order valence-electron chi connectivity index (χ0n) is 76.5. The lowest BCUT2D eigenvalue weighted by molar-refractivity contribution is 0.670. The molecule has 0 spiro atoms. The minimum absolute atomic E-state index is 0.916. The van der Waals surface area contributed by atoms with E-state index in [2.05, 4.69) is 534 Å². The fraction of sp³-hybridized carbons (Fsp3) is 0. The largest absolute Gasteiger partial charge is 0.455 e. The maximum atomic E-state index is 6.45. The van der Waals surface area contributed by atoms with Crippen molar-refractivity contribution in [3.63, 3.8) is 0 Å². The van der Waals surface area contributed by atoms with Crippen molar-refractivity contribution in [2.24, 2.45) is 0 Å². The Morgan fingerprint density at radius 2 is 0.369 bits per heavy atom. The molecule has 31 aromatic rings. The Hall–Kier alpha value is -19.0. The predicted molar refractivity (Wildman–Crippen MR) is 592 cm³/mol. The minimum atomic E-state index is 0.916. The second-order valence-corrected chi connectivity index (χ2v) is 36.9. The first kappa shape index (κ1) is 79.4. The van der Waals surface area contributed by atoms with E-state index in [-0.39, 0.29) is 0 Å². The lowest BCUT2D eigenvalue weighted by Crippen LogP contribution is -1.96. The van der Waals surface area contributed by atoms with Crippen molar-refractivity contribution in [3.05, 3.63) is 510 Å². The first-order chi connectivity index (χ1) is 70.0. The number of benzene rings is 22. The molecule has 141 heavy (non-hydrogen) atoms. The molecule has 9 nitrogen and oxygen atoms in total. The van der Waals surface area contributed by atoms with E-state index in [1.165, 1.54) is 203 Å². The molecule has 0 bridgehead atoms. The standard InChI is InChI=1S/C48H31N3.C42H27N3.C42H26N2O/c1-4-14-34(15-5-1)49-42-22-12-10-20-37(42)40-30-32(24-27-44(40)49)33-25-28-45-41(31-33)38-26-29-46-47(48(38)51(45)36-18-8-3-9-19-36)39-21-11-13-23-43(39)50(46)35-16-6-2-7-17-35;1-3-13-28(14-4-1)43-38-22-12-9-19-34(38)41-40(43)26-24-33-35-27-30(23-25-39(35)45(42(33)41)29-15-5-2-6-16-29)44-36-20-10-7-17-31(36)32-18-8-11-21-37(32)44;1-3-12-28(13-4-1)43-36-20-9-7-17-34(36)40-38(43)25-23-32-35-26-27(22-24-37(35)44(41(32)40)29-14-5-2-6-15-29)30-18-11-19-33-31-16-8-10-21-39(31)45-42(30)33/h1-31H;1-27H;1-26H. The molecular weight excluding hydrogens is 1710 g/mol. The Morgan fingerprint density at radius 3 is 0.745 bits per heavy atom. The number of nitrogens with zero attached hydrogens (tertiary/aromatic N) is 8. The third-order valence-corrected chi connectivity index (χ3v) is 29.3. The second kappa shape index (κ2) is 31.8. The average Bonchev–Trinajstić information content (AvgIpc) is 1.55. The van der Waals surface area contributed by atoms with E-state index < -0.39 is 0 Å². The number of fused-ring (bicyclic) bond motifs is 30. The fourth-order valence-corrected chi connectivity index (χ4v) is 23.4. The Kier molecular flexibility index (Phi) is 17.9. The average molecular weight is 1800 g/mol. The zero-order valence-corrected chi connectivity index (χ0v) is 76.5. The van der Waals surface area contributed by atoms with Gasteiger partial charge in [0.15, 0.2) is 0 Å². The van der Waals surface area contributed by atoms with Crippen LogP contribution in [0.2, 0.25) is 0 Å². The zero-order chi connectivity index (χ0) is 92.4. The topological polar surface area (TPSA) is 52.6 Å². The van der Waals surface area contributed by atoms with Gasteiger partial charge in [0, 0.05) is 148 Å². The molecule has 22 aromatic carbocycles. The lowest BCUT2D eigenvalue weighted by Gasteiger charge is -2.11. The molecule has 0 amide bonds. The third-order valence-electron chi connectivity index (χ3n) is 29.3. The molecule has 0 saturated carbocycles. The lowest BCUT2D eigenvalue weighted by atomic mass is 10.00. The summed E-state index contributed by atoms with van der Waals surface area (Å²) in [4.78, 5) is 0. The van der Waals surface area contributed by atoms with Crippen LogP contribution in [0.15, 0.2) is 514 Å². The van der Waals surface area contributed by atoms with Gasteiger partial charge in [0.2, 0.25) is 0 Å². The van der Waals surface area contributed by atoms with Crippen molar-refractivity contribution >= 4 is 196 Å². The minimum Gasteiger partial charge on any atom is -0.455 e. The Labute approximate surface area is 809 Å². The van der Waals surface area contributed by atoms with E-state index >= 15 is 0 Å². The second-order valence-electron chi connectivity index (χ2n) is 36.9. The van der Waals surface area contributed by atoms with E-state index in [1.54, 1.807) is 0 Å². The molecule has 9 aromatic heterocycles. The molecule has 9 heterocycles. The normalized spacial score (nSPS) is 12.0. The SMILES string of the molecule is c1ccc(-n2c3ccccc3c3c2ccc2c4cc(-c5cccc6c5oc5ccccc56)ccc4n(-c4ccccc4)c23)cc1.c1ccc(-n2c3ccccc3c3c2ccc2c4cc(-n5c6ccccc6c6ccccc65)ccc4n(-c4ccccc4)c23)cc1.c1ccc(-n2c3ccccc3c3cc(-c4ccc5c(c4)c4ccc6c(c7ccccc7n6-c6ccccc6)c4n5-c4ccccc4)ccc32)cc1. The Morgan fingerprint density at radius 1 is 0.128 bits per heavy atom. The smallest absolute Gasteiger partial charge is 0.143 e. The van der Waals surface area contributed by atoms with E-state index in [4.69, 9.17) is 4.42 Å². The third kappa shape index (κ3) is 12.2. The Balaban J connectivity index is 0.000000102. The summed E-state index contributed by atoms with van der Waals surface area (Å²) in [5.41, 5.74) is 35.2. The molecule has 9 heteroatoms. The molecule has 0 atom stereocenters. The van der Waals surface area contributed by atoms with Crippen LogP contribution < -0.4 is 0 Å². The van der Waals surface area contributed by atoms with Crippen LogP contribution >= 0.6 is 0 Å². The van der Waals surface area contributed by atoms with Gasteiger partial charge in [-0.2, -0.15) is 0 Å². The van der Waals surface area contributed by atoms with Gasteiger partial charge < -0.3 is 41.0 Å². The van der Waals surface area contributed by atoms with E-state index in [1.807, 2.05) is 12.1 Å². The molecule has 0 aliphatic rings. The number of hydrogen-bond donors (Lipinski definition) is 0. The quantitative estimate of drug-likeness (QED) is 0.135. The van der Waals surface area contributed by atoms with Crippen LogP contribution in [0.1, 0.15) is 0 Å². The highest BCUT2D eigenvalue weighted by atomic mass is 16.3. The number of hydrogen-bond acceptors (Lipinski definition) is 1. The van der Waals surface area contributed by atoms with Crippen molar-refractivity contribution in [1.82, 2.24) is 36.5 Å². The van der Waals surface area contributed by atoms with Crippen LogP contribution in [-0.2, 0) is 0 Å². The molecule has 31 rings (SSSR count). The van der Waals surface area contributed by atoms with Crippen LogP contribution in [-0.4, -0.2) is 36.5 Å². The molecular formula is C132H84N8O. The number of para-hydroxylation sites is 15. The summed E-state index contributed by atoms with van der Waals surface area (Å²) in [6.45, 7) is 0. The maximum Gasteiger partial charge on any atom is 0.143 e. The van der Waals surface area contributed by atoms with Crippen LogP contribution in [0.25, 0.3) is 264 Å². The van der Waals surface area contributed by atoms with Crippen LogP contribution in [0, 0.1) is 0 Å². The number of furan rings is 1. The summed E-state index contributed by atoms with van der Waals surface area (Å²) >= 11 is 0. The van der Waals surface area contributed by atoms with Gasteiger partial charge >= 0.3 is 0 Å². The van der Waals surface area contributed by atoms with Gasteiger partial charge in [-0.15, -0.1) is 0 Å². The molecule has 0 unspecified atom stereocenters. The molecule has 0 radical (unpaired) electrons. The van der Waals surface area contributed by atoms with E-state index in [0.29, 0.717) is 0 Å². The van der Waals surface area contributed by atoms with Gasteiger partial charge in [-0.3, -0.25) is 0 Å². The molecule has 0 N–H and O–H groups in total.